The Kier molecular flexibility index (Phi) is 4.14. The van der Waals surface area contributed by atoms with Crippen LogP contribution >= 0.6 is 11.3 Å². The lowest BCUT2D eigenvalue weighted by molar-refractivity contribution is 0.112. The first-order chi connectivity index (χ1) is 14.1. The van der Waals surface area contributed by atoms with Crippen molar-refractivity contribution in [2.45, 2.75) is 19.3 Å². The van der Waals surface area contributed by atoms with Crippen LogP contribution in [-0.4, -0.2) is 6.29 Å². The summed E-state index contributed by atoms with van der Waals surface area (Å²) in [7, 11) is 0. The van der Waals surface area contributed by atoms with Crippen molar-refractivity contribution in [2.75, 3.05) is 4.90 Å². The quantitative estimate of drug-likeness (QED) is 0.337. The largest absolute Gasteiger partial charge is 0.302 e. The highest BCUT2D eigenvalue weighted by Crippen LogP contribution is 2.51. The van der Waals surface area contributed by atoms with Crippen LogP contribution in [0.1, 0.15) is 35.3 Å². The number of carbonyl (C=O) groups excluding carboxylic acids is 1. The monoisotopic (exact) mass is 395 g/mol. The fourth-order valence-electron chi connectivity index (χ4n) is 4.33. The number of rotatable bonds is 4. The number of benzene rings is 3. The van der Waals surface area contributed by atoms with Gasteiger partial charge in [-0.25, -0.2) is 0 Å². The van der Waals surface area contributed by atoms with Crippen molar-refractivity contribution in [1.82, 2.24) is 0 Å². The van der Waals surface area contributed by atoms with Crippen LogP contribution in [0.3, 0.4) is 0 Å². The summed E-state index contributed by atoms with van der Waals surface area (Å²) < 4.78 is 0. The summed E-state index contributed by atoms with van der Waals surface area (Å²) in [5, 5.41) is 3.30. The van der Waals surface area contributed by atoms with Crippen LogP contribution in [0.4, 0.5) is 16.4 Å². The molecule has 29 heavy (non-hydrogen) atoms. The minimum Gasteiger partial charge on any atom is -0.302 e. The number of para-hydroxylation sites is 1. The van der Waals surface area contributed by atoms with E-state index in [1.807, 2.05) is 18.2 Å². The zero-order valence-electron chi connectivity index (χ0n) is 16.4. The maximum Gasteiger partial charge on any atom is 0.150 e. The first kappa shape index (κ1) is 17.9. The number of nitrogens with zero attached hydrogens (tertiary/aromatic N) is 1. The Balaban J connectivity index is 1.68. The first-order valence-corrected chi connectivity index (χ1v) is 10.6. The van der Waals surface area contributed by atoms with Gasteiger partial charge in [-0.15, -0.1) is 11.3 Å². The fraction of sp³-hybridized carbons (Fsp3) is 0.115. The third-order valence-corrected chi connectivity index (χ3v) is 6.67. The third-order valence-electron chi connectivity index (χ3n) is 5.82. The van der Waals surface area contributed by atoms with Crippen LogP contribution in [-0.2, 0) is 5.41 Å². The van der Waals surface area contributed by atoms with Crippen LogP contribution in [0.5, 0.6) is 0 Å². The summed E-state index contributed by atoms with van der Waals surface area (Å²) in [5.41, 5.74) is 7.86. The van der Waals surface area contributed by atoms with Gasteiger partial charge >= 0.3 is 0 Å². The van der Waals surface area contributed by atoms with Gasteiger partial charge < -0.3 is 4.90 Å². The molecule has 0 fully saturated rings. The molecular formula is C26H21NOS. The van der Waals surface area contributed by atoms with Crippen molar-refractivity contribution < 1.29 is 4.79 Å². The van der Waals surface area contributed by atoms with E-state index in [2.05, 4.69) is 84.8 Å². The Morgan fingerprint density at radius 2 is 1.52 bits per heavy atom. The zero-order chi connectivity index (χ0) is 20.0. The van der Waals surface area contributed by atoms with Gasteiger partial charge in [0.2, 0.25) is 0 Å². The first-order valence-electron chi connectivity index (χ1n) is 9.73. The van der Waals surface area contributed by atoms with E-state index in [0.717, 1.165) is 23.2 Å². The van der Waals surface area contributed by atoms with Gasteiger partial charge in [-0.05, 0) is 70.1 Å². The number of anilines is 3. The van der Waals surface area contributed by atoms with Crippen molar-refractivity contribution >= 4 is 34.0 Å². The highest BCUT2D eigenvalue weighted by Gasteiger charge is 2.36. The van der Waals surface area contributed by atoms with Crippen molar-refractivity contribution in [3.05, 3.63) is 101 Å². The molecule has 1 aliphatic rings. The normalized spacial score (nSPS) is 13.6. The summed E-state index contributed by atoms with van der Waals surface area (Å²) in [6.07, 6.45) is 0.929. The fourth-order valence-corrected chi connectivity index (χ4v) is 5.10. The Hall–Kier alpha value is -3.17. The molecule has 1 aromatic heterocycles. The predicted molar refractivity (Wildman–Crippen MR) is 122 cm³/mol. The molecule has 0 radical (unpaired) electrons. The molecule has 0 aliphatic heterocycles. The topological polar surface area (TPSA) is 20.3 Å². The molecule has 0 amide bonds. The highest BCUT2D eigenvalue weighted by atomic mass is 32.1. The van der Waals surface area contributed by atoms with E-state index in [9.17, 15) is 4.79 Å². The second-order valence-electron chi connectivity index (χ2n) is 7.90. The van der Waals surface area contributed by atoms with Gasteiger partial charge in [0, 0.05) is 22.4 Å². The van der Waals surface area contributed by atoms with Gasteiger partial charge in [-0.3, -0.25) is 4.79 Å². The van der Waals surface area contributed by atoms with E-state index in [-0.39, 0.29) is 5.41 Å². The molecule has 0 saturated carbocycles. The molecule has 3 heteroatoms. The number of hydrogen-bond acceptors (Lipinski definition) is 3. The van der Waals surface area contributed by atoms with E-state index < -0.39 is 0 Å². The van der Waals surface area contributed by atoms with Crippen LogP contribution in [0, 0.1) is 0 Å². The van der Waals surface area contributed by atoms with Crippen molar-refractivity contribution in [3.63, 3.8) is 0 Å². The molecule has 1 aliphatic carbocycles. The molecule has 0 N–H and O–H groups in total. The van der Waals surface area contributed by atoms with Crippen molar-refractivity contribution in [2.24, 2.45) is 0 Å². The Morgan fingerprint density at radius 1 is 0.793 bits per heavy atom. The maximum atomic E-state index is 11.3. The van der Waals surface area contributed by atoms with E-state index in [4.69, 9.17) is 0 Å². The summed E-state index contributed by atoms with van der Waals surface area (Å²) in [5.74, 6) is 0. The lowest BCUT2D eigenvalue weighted by Gasteiger charge is -2.27. The van der Waals surface area contributed by atoms with Crippen molar-refractivity contribution in [3.8, 4) is 11.1 Å². The highest BCUT2D eigenvalue weighted by molar-refractivity contribution is 7.14. The van der Waals surface area contributed by atoms with E-state index in [1.54, 1.807) is 11.3 Å². The Labute approximate surface area is 175 Å². The lowest BCUT2D eigenvalue weighted by atomic mass is 9.82. The van der Waals surface area contributed by atoms with Gasteiger partial charge in [-0.1, -0.05) is 50.2 Å². The Bertz CT molecular complexity index is 1190. The molecular weight excluding hydrogens is 374 g/mol. The second-order valence-corrected chi connectivity index (χ2v) is 8.83. The molecule has 1 heterocycles. The van der Waals surface area contributed by atoms with Gasteiger partial charge in [0.25, 0.3) is 0 Å². The molecule has 0 saturated heterocycles. The van der Waals surface area contributed by atoms with Gasteiger partial charge in [-0.2, -0.15) is 0 Å². The van der Waals surface area contributed by atoms with Gasteiger partial charge in [0.05, 0.1) is 5.00 Å². The van der Waals surface area contributed by atoms with Crippen LogP contribution in [0.2, 0.25) is 0 Å². The second kappa shape index (κ2) is 6.71. The maximum absolute atomic E-state index is 11.3. The van der Waals surface area contributed by atoms with E-state index in [1.165, 1.54) is 27.3 Å². The molecule has 5 rings (SSSR count). The van der Waals surface area contributed by atoms with Gasteiger partial charge in [0.1, 0.15) is 6.29 Å². The summed E-state index contributed by atoms with van der Waals surface area (Å²) in [6.45, 7) is 4.49. The SMILES string of the molecule is CC1(C)c2cc(C=O)ccc2-c2ccc(N(c3ccccc3)c3cccs3)cc21. The average molecular weight is 396 g/mol. The van der Waals surface area contributed by atoms with Gasteiger partial charge in [0.15, 0.2) is 0 Å². The standard InChI is InChI=1S/C26H21NOS/c1-26(2)23-15-18(17-28)10-12-21(23)22-13-11-20(16-24(22)26)27(25-9-6-14-29-25)19-7-4-3-5-8-19/h3-17H,1-2H3. The average Bonchev–Trinajstić information content (AvgIpc) is 3.35. The predicted octanol–water partition coefficient (Wildman–Crippen LogP) is 7.34. The number of aldehydes is 1. The van der Waals surface area contributed by atoms with Crippen LogP contribution in [0.25, 0.3) is 11.1 Å². The minimum absolute atomic E-state index is 0.155. The molecule has 0 unspecified atom stereocenters. The molecule has 0 bridgehead atoms. The number of fused-ring (bicyclic) bond motifs is 3. The lowest BCUT2D eigenvalue weighted by Crippen LogP contribution is -2.16. The summed E-state index contributed by atoms with van der Waals surface area (Å²) >= 11 is 1.73. The summed E-state index contributed by atoms with van der Waals surface area (Å²) in [4.78, 5) is 13.6. The smallest absolute Gasteiger partial charge is 0.150 e. The Morgan fingerprint density at radius 3 is 2.21 bits per heavy atom. The van der Waals surface area contributed by atoms with E-state index >= 15 is 0 Å². The number of carbonyl (C=O) groups is 1. The van der Waals surface area contributed by atoms with Crippen molar-refractivity contribution in [1.29, 1.82) is 0 Å². The number of hydrogen-bond donors (Lipinski definition) is 0. The summed E-state index contributed by atoms with van der Waals surface area (Å²) in [6, 6.07) is 27.5. The molecule has 0 atom stereocenters. The minimum atomic E-state index is -0.155. The van der Waals surface area contributed by atoms with E-state index in [0.29, 0.717) is 0 Å². The van der Waals surface area contributed by atoms with Crippen LogP contribution < -0.4 is 4.90 Å². The zero-order valence-corrected chi connectivity index (χ0v) is 17.2. The molecule has 2 nitrogen and oxygen atoms in total. The number of thiophene rings is 1. The molecule has 142 valence electrons. The molecule has 3 aromatic carbocycles. The third kappa shape index (κ3) is 2.81. The van der Waals surface area contributed by atoms with Crippen LogP contribution in [0.15, 0.2) is 84.2 Å². The molecule has 4 aromatic rings. The molecule has 0 spiro atoms.